The Morgan fingerprint density at radius 1 is 1.09 bits per heavy atom. The van der Waals surface area contributed by atoms with Crippen LogP contribution < -0.4 is 19.5 Å². The Kier molecular flexibility index (Phi) is 12.6. The van der Waals surface area contributed by atoms with Crippen LogP contribution in [0.5, 0.6) is 17.2 Å². The summed E-state index contributed by atoms with van der Waals surface area (Å²) in [6.45, 7) is 4.63. The number of aliphatic hydroxyl groups is 1. The number of benzene rings is 2. The highest BCUT2D eigenvalue weighted by molar-refractivity contribution is 5.93. The van der Waals surface area contributed by atoms with E-state index >= 15 is 0 Å². The van der Waals surface area contributed by atoms with E-state index in [-0.39, 0.29) is 37.2 Å². The van der Waals surface area contributed by atoms with Gasteiger partial charge in [0.25, 0.3) is 0 Å². The van der Waals surface area contributed by atoms with E-state index in [1.165, 1.54) is 6.92 Å². The number of ether oxygens (including phenoxy) is 3. The first kappa shape index (κ1) is 30.3. The number of H-pyrrole nitrogens is 1. The van der Waals surface area contributed by atoms with E-state index in [1.807, 2.05) is 42.5 Å². The molecule has 1 heterocycles. The number of carbonyl (C=O) groups excluding carboxylic acids is 1. The Hall–Kier alpha value is -2.78. The highest BCUT2D eigenvalue weighted by Gasteiger charge is 2.12. The van der Waals surface area contributed by atoms with E-state index in [4.69, 9.17) is 14.2 Å². The van der Waals surface area contributed by atoms with Crippen LogP contribution in [0, 0.1) is 6.92 Å². The summed E-state index contributed by atoms with van der Waals surface area (Å²) in [5.74, 6) is 2.66. The molecule has 0 fully saturated rings. The molecule has 1 atom stereocenters. The van der Waals surface area contributed by atoms with Gasteiger partial charge < -0.3 is 29.6 Å². The van der Waals surface area contributed by atoms with Gasteiger partial charge in [0.05, 0.1) is 19.9 Å². The molecule has 3 rings (SSSR count). The number of carbonyl (C=O) groups is 1. The quantitative estimate of drug-likeness (QED) is 0.242. The lowest BCUT2D eigenvalue weighted by Crippen LogP contribution is -2.32. The number of hydrogen-bond acceptors (Lipinski definition) is 7. The summed E-state index contributed by atoms with van der Waals surface area (Å²) in [5.41, 5.74) is 3.18. The van der Waals surface area contributed by atoms with E-state index in [1.54, 1.807) is 21.1 Å². The second-order valence-electron chi connectivity index (χ2n) is 7.73. The van der Waals surface area contributed by atoms with Crippen LogP contribution in [0.2, 0.25) is 0 Å². The van der Waals surface area contributed by atoms with Gasteiger partial charge in [0, 0.05) is 19.0 Å². The molecule has 8 nitrogen and oxygen atoms in total. The smallest absolute Gasteiger partial charge is 0.177 e. The monoisotopic (exact) mass is 525 g/mol. The third-order valence-corrected chi connectivity index (χ3v) is 5.23. The molecule has 3 N–H and O–H groups in total. The number of aromatic nitrogens is 2. The zero-order valence-electron chi connectivity index (χ0n) is 20.3. The molecule has 10 heteroatoms. The van der Waals surface area contributed by atoms with Crippen LogP contribution in [0.1, 0.15) is 28.7 Å². The van der Waals surface area contributed by atoms with Crippen molar-refractivity contribution in [3.63, 3.8) is 0 Å². The highest BCUT2D eigenvalue weighted by atomic mass is 35.5. The molecule has 0 aliphatic carbocycles. The molecule has 0 spiro atoms. The first-order valence-corrected chi connectivity index (χ1v) is 10.8. The molecular weight excluding hydrogens is 493 g/mol. The third-order valence-electron chi connectivity index (χ3n) is 5.23. The Morgan fingerprint density at radius 3 is 2.37 bits per heavy atom. The van der Waals surface area contributed by atoms with Gasteiger partial charge in [0.1, 0.15) is 30.0 Å². The summed E-state index contributed by atoms with van der Waals surface area (Å²) in [4.78, 5) is 19.1. The van der Waals surface area contributed by atoms with Crippen molar-refractivity contribution >= 4 is 30.6 Å². The van der Waals surface area contributed by atoms with Crippen LogP contribution in [0.4, 0.5) is 0 Å². The molecule has 0 saturated carbocycles. The number of aromatic amines is 1. The fraction of sp³-hybridized carbons (Fsp3) is 0.360. The molecular formula is C25H33Cl2N3O5. The molecule has 1 unspecified atom stereocenters. The van der Waals surface area contributed by atoms with Crippen LogP contribution in [-0.2, 0) is 6.42 Å². The molecule has 35 heavy (non-hydrogen) atoms. The second-order valence-corrected chi connectivity index (χ2v) is 7.73. The lowest BCUT2D eigenvalue weighted by Gasteiger charge is -2.14. The van der Waals surface area contributed by atoms with Crippen molar-refractivity contribution in [2.75, 3.05) is 33.9 Å². The zero-order valence-corrected chi connectivity index (χ0v) is 21.9. The minimum Gasteiger partial charge on any atom is -0.493 e. The minimum atomic E-state index is -0.638. The Labute approximate surface area is 218 Å². The van der Waals surface area contributed by atoms with E-state index < -0.39 is 6.10 Å². The lowest BCUT2D eigenvalue weighted by atomic mass is 10.1. The maximum Gasteiger partial charge on any atom is 0.177 e. The summed E-state index contributed by atoms with van der Waals surface area (Å²) < 4.78 is 16.3. The molecule has 0 saturated heterocycles. The maximum absolute atomic E-state index is 11.6. The van der Waals surface area contributed by atoms with Crippen LogP contribution in [0.25, 0.3) is 11.4 Å². The SMILES string of the molecule is COc1ccc(CCNCC(O)COc2ccc(-c3nc(C)c(C(C)=O)[nH]3)cc2)cc1OC.Cl.Cl. The Bertz CT molecular complexity index is 1070. The Balaban J connectivity index is 0.00000306. The average Bonchev–Trinajstić information content (AvgIpc) is 3.22. The maximum atomic E-state index is 11.6. The van der Waals surface area contributed by atoms with E-state index in [2.05, 4.69) is 15.3 Å². The van der Waals surface area contributed by atoms with Crippen molar-refractivity contribution in [3.05, 3.63) is 59.4 Å². The van der Waals surface area contributed by atoms with Gasteiger partial charge in [-0.3, -0.25) is 4.79 Å². The van der Waals surface area contributed by atoms with Crippen molar-refractivity contribution in [1.29, 1.82) is 0 Å². The molecule has 1 aromatic heterocycles. The summed E-state index contributed by atoms with van der Waals surface area (Å²) in [6.07, 6.45) is 0.161. The van der Waals surface area contributed by atoms with Crippen LogP contribution in [0.3, 0.4) is 0 Å². The van der Waals surface area contributed by atoms with Crippen LogP contribution in [-0.4, -0.2) is 60.9 Å². The standard InChI is InChI=1S/C25H31N3O5.2ClH/c1-16-24(17(2)29)28-25(27-16)19-6-8-21(9-7-19)33-15-20(30)14-26-12-11-18-5-10-22(31-3)23(13-18)32-4;;/h5-10,13,20,26,30H,11-12,14-15H2,1-4H3,(H,27,28);2*1H. The number of Topliss-reactive ketones (excluding diaryl/α,β-unsaturated/α-hetero) is 1. The Morgan fingerprint density at radius 2 is 1.77 bits per heavy atom. The predicted octanol–water partition coefficient (Wildman–Crippen LogP) is 4.02. The fourth-order valence-corrected chi connectivity index (χ4v) is 3.44. The van der Waals surface area contributed by atoms with Gasteiger partial charge in [-0.15, -0.1) is 24.8 Å². The number of nitrogens with one attached hydrogen (secondary N) is 2. The average molecular weight is 526 g/mol. The largest absolute Gasteiger partial charge is 0.493 e. The van der Waals surface area contributed by atoms with Crippen LogP contribution in [0.15, 0.2) is 42.5 Å². The van der Waals surface area contributed by atoms with Gasteiger partial charge in [-0.2, -0.15) is 0 Å². The van der Waals surface area contributed by atoms with Crippen molar-refractivity contribution < 1.29 is 24.1 Å². The molecule has 0 bridgehead atoms. The first-order chi connectivity index (χ1) is 15.9. The highest BCUT2D eigenvalue weighted by Crippen LogP contribution is 2.27. The summed E-state index contributed by atoms with van der Waals surface area (Å²) in [7, 11) is 3.23. The van der Waals surface area contributed by atoms with Gasteiger partial charge in [-0.1, -0.05) is 6.07 Å². The number of aryl methyl sites for hydroxylation is 1. The van der Waals surface area contributed by atoms with Crippen molar-refractivity contribution in [2.45, 2.75) is 26.4 Å². The molecule has 3 aromatic rings. The number of halogens is 2. The molecule has 2 aromatic carbocycles. The third kappa shape index (κ3) is 8.43. The molecule has 192 valence electrons. The minimum absolute atomic E-state index is 0. The number of rotatable bonds is 12. The van der Waals surface area contributed by atoms with E-state index in [0.717, 1.165) is 17.5 Å². The van der Waals surface area contributed by atoms with Crippen molar-refractivity contribution in [3.8, 4) is 28.6 Å². The van der Waals surface area contributed by atoms with E-state index in [9.17, 15) is 9.90 Å². The normalized spacial score (nSPS) is 11.1. The van der Waals surface area contributed by atoms with Gasteiger partial charge in [0.2, 0.25) is 0 Å². The topological polar surface area (TPSA) is 106 Å². The molecule has 0 amide bonds. The summed E-state index contributed by atoms with van der Waals surface area (Å²) >= 11 is 0. The van der Waals surface area contributed by atoms with Crippen molar-refractivity contribution in [2.24, 2.45) is 0 Å². The summed E-state index contributed by atoms with van der Waals surface area (Å²) in [5, 5.41) is 13.4. The predicted molar refractivity (Wildman–Crippen MR) is 141 cm³/mol. The number of methoxy groups -OCH3 is 2. The molecule has 0 radical (unpaired) electrons. The van der Waals surface area contributed by atoms with Gasteiger partial charge >= 0.3 is 0 Å². The van der Waals surface area contributed by atoms with Crippen LogP contribution >= 0.6 is 24.8 Å². The fourth-order valence-electron chi connectivity index (χ4n) is 3.44. The van der Waals surface area contributed by atoms with E-state index in [0.29, 0.717) is 47.6 Å². The van der Waals surface area contributed by atoms with Gasteiger partial charge in [-0.05, 0) is 61.9 Å². The van der Waals surface area contributed by atoms with Crippen molar-refractivity contribution in [1.82, 2.24) is 15.3 Å². The van der Waals surface area contributed by atoms with Gasteiger partial charge in [-0.25, -0.2) is 4.98 Å². The molecule has 0 aliphatic heterocycles. The second kappa shape index (κ2) is 14.6. The lowest BCUT2D eigenvalue weighted by molar-refractivity contribution is 0.101. The number of hydrogen-bond donors (Lipinski definition) is 3. The number of aliphatic hydroxyl groups excluding tert-OH is 1. The number of nitrogens with zero attached hydrogens (tertiary/aromatic N) is 1. The number of ketones is 1. The molecule has 0 aliphatic rings. The first-order valence-electron chi connectivity index (χ1n) is 10.8. The van der Waals surface area contributed by atoms with Gasteiger partial charge in [0.15, 0.2) is 17.3 Å². The number of imidazole rings is 1. The summed E-state index contributed by atoms with van der Waals surface area (Å²) in [6, 6.07) is 13.2. The zero-order chi connectivity index (χ0) is 23.8.